The van der Waals surface area contributed by atoms with Crippen molar-refractivity contribution < 1.29 is 84.2 Å². The molecule has 3 heterocycles. The summed E-state index contributed by atoms with van der Waals surface area (Å²) in [6, 6.07) is -6.65. The average Bonchev–Trinajstić information content (AvgIpc) is 1.51. The first kappa shape index (κ1) is 86.0. The predicted octanol–water partition coefficient (Wildman–Crippen LogP) is 6.68. The summed E-state index contributed by atoms with van der Waals surface area (Å²) in [4.78, 5) is 192. The SMILES string of the molecule is CC[C@H](C)[C@@H]1NC(=O)[C@H](CC(C)C)N(C)C(=O)C[C@@H](C(=O)N2CCCCC2)N(C)C(=O)[C@H](C2CCCCC2)N(C)C(=O)C2(CCCC2)NC(=O)[C@@H]2C[C@@H](OCC(F)F)CN2C(=O)[C@H](CCc2ccc(C(F)(F)F)c(Cl)c2)NC(=O)CN(C)C(=O)[C@H](CC2CCCCC2)N(C)C(=O)CN(C)C(=O)CN(C)C1=O. The Balaban J connectivity index is 1.33. The molecule has 7 rings (SSSR count). The molecule has 1 aromatic rings. The van der Waals surface area contributed by atoms with Gasteiger partial charge in [0.15, 0.2) is 0 Å². The summed E-state index contributed by atoms with van der Waals surface area (Å²) in [6.07, 6.45) is 0.387. The minimum atomic E-state index is -4.82. The van der Waals surface area contributed by atoms with E-state index in [1.807, 2.05) is 20.8 Å². The number of nitrogens with one attached hydrogen (secondary N) is 3. The Morgan fingerprint density at radius 1 is 0.660 bits per heavy atom. The summed E-state index contributed by atoms with van der Waals surface area (Å²) in [5.41, 5.74) is -2.68. The van der Waals surface area contributed by atoms with Gasteiger partial charge in [0, 0.05) is 75.4 Å². The van der Waals surface area contributed by atoms with Crippen LogP contribution in [0.1, 0.15) is 187 Å². The van der Waals surface area contributed by atoms with Crippen molar-refractivity contribution in [3.05, 3.63) is 34.3 Å². The van der Waals surface area contributed by atoms with Gasteiger partial charge in [0.2, 0.25) is 70.9 Å². The zero-order valence-electron chi connectivity index (χ0n) is 63.8. The van der Waals surface area contributed by atoms with E-state index in [-0.39, 0.29) is 62.3 Å². The largest absolute Gasteiger partial charge is 0.417 e. The first-order valence-electron chi connectivity index (χ1n) is 38.0. The Morgan fingerprint density at radius 2 is 1.25 bits per heavy atom. The van der Waals surface area contributed by atoms with Gasteiger partial charge in [0.25, 0.3) is 6.43 Å². The van der Waals surface area contributed by atoms with Crippen LogP contribution in [0.3, 0.4) is 0 Å². The van der Waals surface area contributed by atoms with Crippen molar-refractivity contribution in [1.29, 1.82) is 0 Å². The number of nitrogens with zero attached hydrogens (tertiary/aromatic N) is 9. The first-order valence-corrected chi connectivity index (χ1v) is 38.4. The summed E-state index contributed by atoms with van der Waals surface area (Å²) in [5.74, 6) is -10.0. The predicted molar refractivity (Wildman–Crippen MR) is 385 cm³/mol. The molecule has 9 atom stereocenters. The molecule has 106 heavy (non-hydrogen) atoms. The van der Waals surface area contributed by atoms with E-state index in [4.69, 9.17) is 16.3 Å². The Kier molecular flexibility index (Phi) is 31.4. The summed E-state index contributed by atoms with van der Waals surface area (Å²) in [6.45, 7) is 4.47. The molecule has 0 radical (unpaired) electrons. The van der Waals surface area contributed by atoms with Gasteiger partial charge in [-0.15, -0.1) is 0 Å². The van der Waals surface area contributed by atoms with Crippen LogP contribution in [0.15, 0.2) is 18.2 Å². The molecule has 12 amide bonds. The number of benzene rings is 1. The lowest BCUT2D eigenvalue weighted by atomic mass is 9.81. The lowest BCUT2D eigenvalue weighted by molar-refractivity contribution is -0.157. The van der Waals surface area contributed by atoms with Crippen LogP contribution in [0.2, 0.25) is 5.02 Å². The third kappa shape index (κ3) is 22.2. The fourth-order valence-corrected chi connectivity index (χ4v) is 16.5. The van der Waals surface area contributed by atoms with Gasteiger partial charge in [-0.1, -0.05) is 116 Å². The Hall–Kier alpha value is -7.24. The van der Waals surface area contributed by atoms with E-state index < -0.39 is 199 Å². The maximum Gasteiger partial charge on any atom is 0.417 e. The second kappa shape index (κ2) is 38.7. The number of carbonyl (C=O) groups excluding carboxylic acids is 12. The highest BCUT2D eigenvalue weighted by atomic mass is 35.5. The fraction of sp³-hybridized carbons (Fsp3) is 0.760. The number of hydrogen-bond acceptors (Lipinski definition) is 13. The number of alkyl halides is 5. The van der Waals surface area contributed by atoms with E-state index in [9.17, 15) is 50.7 Å². The average molecular weight is 1520 g/mol. The Morgan fingerprint density at radius 3 is 1.85 bits per heavy atom. The molecule has 0 aromatic heterocycles. The van der Waals surface area contributed by atoms with Crippen LogP contribution in [0.4, 0.5) is 22.0 Å². The molecule has 594 valence electrons. The summed E-state index contributed by atoms with van der Waals surface area (Å²) in [5, 5.41) is 7.89. The first-order chi connectivity index (χ1) is 50.0. The molecule has 3 aliphatic heterocycles. The van der Waals surface area contributed by atoms with Crippen molar-refractivity contribution in [3.8, 4) is 0 Å². The van der Waals surface area contributed by atoms with E-state index in [0.29, 0.717) is 70.9 Å². The normalized spacial score (nSPS) is 26.9. The molecular formula is C75H114ClF5N12O13. The highest BCUT2D eigenvalue weighted by Crippen LogP contribution is 2.39. The van der Waals surface area contributed by atoms with Crippen molar-refractivity contribution in [1.82, 2.24) is 60.0 Å². The number of fused-ring (bicyclic) bond motifs is 1. The van der Waals surface area contributed by atoms with Crippen molar-refractivity contribution in [2.45, 2.75) is 248 Å². The monoisotopic (exact) mass is 1520 g/mol. The third-order valence-corrected chi connectivity index (χ3v) is 23.1. The number of amides is 12. The van der Waals surface area contributed by atoms with Crippen molar-refractivity contribution in [3.63, 3.8) is 0 Å². The lowest BCUT2D eigenvalue weighted by Crippen LogP contribution is -2.65. The van der Waals surface area contributed by atoms with Gasteiger partial charge in [-0.2, -0.15) is 13.2 Å². The maximum absolute atomic E-state index is 15.9. The van der Waals surface area contributed by atoms with Crippen molar-refractivity contribution >= 4 is 82.5 Å². The van der Waals surface area contributed by atoms with Gasteiger partial charge in [0.05, 0.1) is 42.7 Å². The minimum absolute atomic E-state index is 0.0371. The number of halogens is 6. The quantitative estimate of drug-likeness (QED) is 0.164. The number of likely N-dealkylation sites (tertiary alicyclic amines) is 1. The number of hydrogen-bond donors (Lipinski definition) is 3. The van der Waals surface area contributed by atoms with Gasteiger partial charge in [-0.05, 0) is 112 Å². The number of aryl methyl sites for hydroxylation is 1. The van der Waals surface area contributed by atoms with Crippen LogP contribution in [0.5, 0.6) is 0 Å². The molecule has 31 heteroatoms. The molecule has 6 aliphatic rings. The van der Waals surface area contributed by atoms with E-state index in [1.54, 1.807) is 11.8 Å². The topological polar surface area (TPSA) is 279 Å². The molecule has 3 N–H and O–H groups in total. The van der Waals surface area contributed by atoms with E-state index in [1.165, 1.54) is 68.9 Å². The Labute approximate surface area is 625 Å². The van der Waals surface area contributed by atoms with Crippen LogP contribution >= 0.6 is 11.6 Å². The minimum Gasteiger partial charge on any atom is -0.370 e. The van der Waals surface area contributed by atoms with Gasteiger partial charge >= 0.3 is 6.18 Å². The smallest absolute Gasteiger partial charge is 0.370 e. The zero-order chi connectivity index (χ0) is 78.2. The number of carbonyl (C=O) groups is 12. The molecule has 6 fully saturated rings. The van der Waals surface area contributed by atoms with Gasteiger partial charge in [0.1, 0.15) is 54.4 Å². The summed E-state index contributed by atoms with van der Waals surface area (Å²) in [7, 11) is 9.72. The fourth-order valence-electron chi connectivity index (χ4n) is 16.2. The molecule has 25 nitrogen and oxygen atoms in total. The van der Waals surface area contributed by atoms with Gasteiger partial charge in [-0.25, -0.2) is 8.78 Å². The third-order valence-electron chi connectivity index (χ3n) is 22.8. The second-order valence-electron chi connectivity index (χ2n) is 31.1. The Bertz CT molecular complexity index is 3270. The van der Waals surface area contributed by atoms with Crippen LogP contribution in [-0.2, 0) is 74.9 Å². The van der Waals surface area contributed by atoms with Crippen LogP contribution in [0.25, 0.3) is 0 Å². The molecular weight excluding hydrogens is 1410 g/mol. The van der Waals surface area contributed by atoms with Crippen LogP contribution in [0, 0.1) is 23.7 Å². The van der Waals surface area contributed by atoms with Crippen molar-refractivity contribution in [2.24, 2.45) is 23.7 Å². The molecule has 3 saturated carbocycles. The summed E-state index contributed by atoms with van der Waals surface area (Å²) >= 11 is 6.17. The number of ether oxygens (including phenoxy) is 1. The van der Waals surface area contributed by atoms with Crippen LogP contribution in [-0.4, -0.2) is 271 Å². The highest BCUT2D eigenvalue weighted by molar-refractivity contribution is 6.31. The maximum atomic E-state index is 15.9. The van der Waals surface area contributed by atoms with Gasteiger partial charge < -0.3 is 64.8 Å². The van der Waals surface area contributed by atoms with Gasteiger partial charge in [-0.3, -0.25) is 57.5 Å². The lowest BCUT2D eigenvalue weighted by Gasteiger charge is -2.43. The zero-order valence-corrected chi connectivity index (χ0v) is 64.5. The molecule has 0 bridgehead atoms. The molecule has 1 spiro atoms. The molecule has 3 saturated heterocycles. The van der Waals surface area contributed by atoms with Crippen molar-refractivity contribution in [2.75, 3.05) is 95.2 Å². The molecule has 0 unspecified atom stereocenters. The number of rotatable bonds is 14. The van der Waals surface area contributed by atoms with Crippen LogP contribution < -0.4 is 16.0 Å². The summed E-state index contributed by atoms with van der Waals surface area (Å²) < 4.78 is 75.5. The number of likely N-dealkylation sites (N-methyl/N-ethyl adjacent to an activating group) is 7. The second-order valence-corrected chi connectivity index (χ2v) is 31.5. The number of piperidine rings is 1. The highest BCUT2D eigenvalue weighted by Gasteiger charge is 2.52. The van der Waals surface area contributed by atoms with E-state index >= 15 is 28.8 Å². The standard InChI is InChI=1S/C75H114ClF5N12O13/c1-12-47(4)64-71(103)87(7)43-62(96)85(5)44-63(97)89(9)57(38-48-24-16-13-17-25-48)69(101)86(6)42-60(94)82-54(31-29-49-28-30-52(53(76)37-49)75(79,80)81)68(100)93-41-51(106-45-59(77)78)39-56(93)67(99)84-74(32-20-21-33-74)73(105)91(11)65(50-26-18-14-19-27-50)72(104)90(10)58(70(102)92-34-22-15-23-35-92)40-61(95)88(8)55(36-46(2)3)66(98)83-64/h28,30,37,46-48,50-51,54-59,64-65H,12-27,29,31-36,38-45H2,1-11H3,(H,82,94)(H,83,98)(H,84,99)/t47-,51+,54-,55-,56-,57-,58-,64-,65-/m0/s1. The molecule has 3 aliphatic carbocycles. The van der Waals surface area contributed by atoms with E-state index in [2.05, 4.69) is 16.0 Å². The van der Waals surface area contributed by atoms with E-state index in [0.717, 1.165) is 82.7 Å². The molecule has 1 aromatic carbocycles.